The summed E-state index contributed by atoms with van der Waals surface area (Å²) in [5, 5.41) is 0. The molecular weight excluding hydrogens is 318 g/mol. The minimum Gasteiger partial charge on any atom is -0.311 e. The number of aryl methyl sites for hydroxylation is 1. The highest BCUT2D eigenvalue weighted by molar-refractivity contribution is 5.12. The van der Waals surface area contributed by atoms with Crippen LogP contribution < -0.4 is 11.1 Å². The predicted octanol–water partition coefficient (Wildman–Crippen LogP) is 0.829. The number of hydrogen-bond donors (Lipinski definition) is 0. The summed E-state index contributed by atoms with van der Waals surface area (Å²) in [5.74, 6) is 0.501. The Kier molecular flexibility index (Phi) is 5.43. The molecule has 3 rings (SSSR count). The van der Waals surface area contributed by atoms with Crippen molar-refractivity contribution in [3.63, 3.8) is 0 Å². The van der Waals surface area contributed by atoms with E-state index in [-0.39, 0.29) is 11.1 Å². The standard InChI is InChI=1S/C18H25N5O2/c1-14-15(2)20-13-23(18(14)25)12-16-3-6-21(7-4-16)9-10-22-8-5-19-11-17(22)24/h5,8,11,13,16H,3-4,6-7,9-10,12H2,1-2H3. The Balaban J connectivity index is 1.51. The van der Waals surface area contributed by atoms with Crippen LogP contribution in [0.4, 0.5) is 0 Å². The van der Waals surface area contributed by atoms with Crippen LogP contribution in [0.1, 0.15) is 24.1 Å². The highest BCUT2D eigenvalue weighted by atomic mass is 16.1. The Hall–Kier alpha value is -2.28. The number of rotatable bonds is 5. The zero-order chi connectivity index (χ0) is 17.8. The monoisotopic (exact) mass is 343 g/mol. The summed E-state index contributed by atoms with van der Waals surface area (Å²) in [7, 11) is 0. The van der Waals surface area contributed by atoms with Gasteiger partial charge in [0.2, 0.25) is 0 Å². The molecule has 1 saturated heterocycles. The molecule has 0 saturated carbocycles. The van der Waals surface area contributed by atoms with Gasteiger partial charge >= 0.3 is 0 Å². The second-order valence-corrected chi connectivity index (χ2v) is 6.81. The molecule has 2 aromatic heterocycles. The Bertz CT molecular complexity index is 834. The molecule has 0 amide bonds. The zero-order valence-corrected chi connectivity index (χ0v) is 14.9. The van der Waals surface area contributed by atoms with Crippen LogP contribution >= 0.6 is 0 Å². The molecule has 0 radical (unpaired) electrons. The Morgan fingerprint density at radius 1 is 1.12 bits per heavy atom. The molecule has 134 valence electrons. The minimum atomic E-state index is -0.0565. The second-order valence-electron chi connectivity index (χ2n) is 6.81. The van der Waals surface area contributed by atoms with E-state index in [0.29, 0.717) is 12.5 Å². The lowest BCUT2D eigenvalue weighted by atomic mass is 9.96. The van der Waals surface area contributed by atoms with Crippen LogP contribution in [0.3, 0.4) is 0 Å². The zero-order valence-electron chi connectivity index (χ0n) is 14.9. The number of aromatic nitrogens is 4. The van der Waals surface area contributed by atoms with Crippen LogP contribution in [-0.4, -0.2) is 43.6 Å². The maximum absolute atomic E-state index is 12.3. The first-order chi connectivity index (χ1) is 12.0. The van der Waals surface area contributed by atoms with E-state index < -0.39 is 0 Å². The van der Waals surface area contributed by atoms with Gasteiger partial charge in [-0.15, -0.1) is 0 Å². The van der Waals surface area contributed by atoms with Crippen LogP contribution in [0.5, 0.6) is 0 Å². The van der Waals surface area contributed by atoms with Crippen LogP contribution in [0.15, 0.2) is 34.5 Å². The molecular formula is C18H25N5O2. The first-order valence-corrected chi connectivity index (χ1v) is 8.80. The fourth-order valence-electron chi connectivity index (χ4n) is 3.28. The molecule has 0 unspecified atom stereocenters. The normalized spacial score (nSPS) is 16.2. The minimum absolute atomic E-state index is 0.0565. The van der Waals surface area contributed by atoms with E-state index in [2.05, 4.69) is 14.9 Å². The van der Waals surface area contributed by atoms with Crippen molar-refractivity contribution in [2.24, 2.45) is 5.92 Å². The molecule has 7 heteroatoms. The van der Waals surface area contributed by atoms with Gasteiger partial charge in [0, 0.05) is 43.3 Å². The van der Waals surface area contributed by atoms with Crippen LogP contribution in [0.25, 0.3) is 0 Å². The highest BCUT2D eigenvalue weighted by Crippen LogP contribution is 2.18. The molecule has 0 N–H and O–H groups in total. The molecule has 1 aliphatic rings. The number of hydrogen-bond acceptors (Lipinski definition) is 5. The average molecular weight is 343 g/mol. The van der Waals surface area contributed by atoms with Crippen molar-refractivity contribution in [2.45, 2.75) is 39.8 Å². The molecule has 0 bridgehead atoms. The van der Waals surface area contributed by atoms with Gasteiger partial charge < -0.3 is 9.47 Å². The summed E-state index contributed by atoms with van der Waals surface area (Å²) in [6.07, 6.45) is 8.51. The van der Waals surface area contributed by atoms with E-state index in [1.807, 2.05) is 13.8 Å². The first kappa shape index (κ1) is 17.5. The van der Waals surface area contributed by atoms with E-state index >= 15 is 0 Å². The molecule has 0 spiro atoms. The van der Waals surface area contributed by atoms with Gasteiger partial charge in [-0.25, -0.2) is 4.98 Å². The lowest BCUT2D eigenvalue weighted by Gasteiger charge is -2.32. The molecule has 25 heavy (non-hydrogen) atoms. The lowest BCUT2D eigenvalue weighted by molar-refractivity contribution is 0.167. The Morgan fingerprint density at radius 2 is 1.88 bits per heavy atom. The van der Waals surface area contributed by atoms with Crippen molar-refractivity contribution in [3.05, 3.63) is 56.9 Å². The third-order valence-electron chi connectivity index (χ3n) is 5.14. The Morgan fingerprint density at radius 3 is 2.60 bits per heavy atom. The number of nitrogens with zero attached hydrogens (tertiary/aromatic N) is 5. The summed E-state index contributed by atoms with van der Waals surface area (Å²) in [6.45, 7) is 7.99. The van der Waals surface area contributed by atoms with Gasteiger partial charge in [0.15, 0.2) is 0 Å². The number of piperidine rings is 1. The third kappa shape index (κ3) is 4.22. The second kappa shape index (κ2) is 7.74. The maximum atomic E-state index is 12.3. The van der Waals surface area contributed by atoms with Crippen molar-refractivity contribution < 1.29 is 0 Å². The van der Waals surface area contributed by atoms with Crippen molar-refractivity contribution >= 4 is 0 Å². The van der Waals surface area contributed by atoms with E-state index in [1.54, 1.807) is 27.9 Å². The molecule has 0 aliphatic carbocycles. The van der Waals surface area contributed by atoms with Crippen molar-refractivity contribution in [2.75, 3.05) is 19.6 Å². The van der Waals surface area contributed by atoms with Gasteiger partial charge in [0.25, 0.3) is 11.1 Å². The highest BCUT2D eigenvalue weighted by Gasteiger charge is 2.20. The molecule has 7 nitrogen and oxygen atoms in total. The van der Waals surface area contributed by atoms with Crippen LogP contribution in [0, 0.1) is 19.8 Å². The summed E-state index contributed by atoms with van der Waals surface area (Å²) in [6, 6.07) is 0. The predicted molar refractivity (Wildman–Crippen MR) is 95.6 cm³/mol. The molecule has 1 aliphatic heterocycles. The van der Waals surface area contributed by atoms with E-state index in [9.17, 15) is 9.59 Å². The maximum Gasteiger partial charge on any atom is 0.269 e. The largest absolute Gasteiger partial charge is 0.311 e. The van der Waals surface area contributed by atoms with Gasteiger partial charge in [-0.2, -0.15) is 0 Å². The van der Waals surface area contributed by atoms with Crippen molar-refractivity contribution in [1.82, 2.24) is 24.0 Å². The van der Waals surface area contributed by atoms with Gasteiger partial charge in [0.1, 0.15) is 0 Å². The molecule has 3 heterocycles. The lowest BCUT2D eigenvalue weighted by Crippen LogP contribution is -2.39. The summed E-state index contributed by atoms with van der Waals surface area (Å²) in [5.41, 5.74) is 1.57. The van der Waals surface area contributed by atoms with E-state index in [1.165, 1.54) is 6.20 Å². The van der Waals surface area contributed by atoms with Crippen LogP contribution in [-0.2, 0) is 13.1 Å². The van der Waals surface area contributed by atoms with Gasteiger partial charge in [0.05, 0.1) is 12.5 Å². The van der Waals surface area contributed by atoms with Gasteiger partial charge in [-0.1, -0.05) is 0 Å². The fraction of sp³-hybridized carbons (Fsp3) is 0.556. The van der Waals surface area contributed by atoms with Gasteiger partial charge in [-0.05, 0) is 45.7 Å². The van der Waals surface area contributed by atoms with Gasteiger partial charge in [-0.3, -0.25) is 19.1 Å². The summed E-state index contributed by atoms with van der Waals surface area (Å²) >= 11 is 0. The topological polar surface area (TPSA) is 73.0 Å². The van der Waals surface area contributed by atoms with Crippen molar-refractivity contribution in [1.29, 1.82) is 0 Å². The van der Waals surface area contributed by atoms with E-state index in [0.717, 1.165) is 50.3 Å². The molecule has 0 atom stereocenters. The first-order valence-electron chi connectivity index (χ1n) is 8.80. The van der Waals surface area contributed by atoms with E-state index in [4.69, 9.17) is 0 Å². The quantitative estimate of drug-likeness (QED) is 0.804. The fourth-order valence-corrected chi connectivity index (χ4v) is 3.28. The molecule has 0 aromatic carbocycles. The third-order valence-corrected chi connectivity index (χ3v) is 5.14. The van der Waals surface area contributed by atoms with Crippen molar-refractivity contribution in [3.8, 4) is 0 Å². The SMILES string of the molecule is Cc1ncn(CC2CCN(CCn3ccncc3=O)CC2)c(=O)c1C. The van der Waals surface area contributed by atoms with Crippen LogP contribution in [0.2, 0.25) is 0 Å². The molecule has 1 fully saturated rings. The summed E-state index contributed by atoms with van der Waals surface area (Å²) in [4.78, 5) is 34.5. The number of likely N-dealkylation sites (tertiary alicyclic amines) is 1. The molecule has 2 aromatic rings. The Labute approximate surface area is 147 Å². The summed E-state index contributed by atoms with van der Waals surface area (Å²) < 4.78 is 3.44. The average Bonchev–Trinajstić information content (AvgIpc) is 2.63. The smallest absolute Gasteiger partial charge is 0.269 e.